The third-order valence-electron chi connectivity index (χ3n) is 6.59. The van der Waals surface area contributed by atoms with E-state index in [0.29, 0.717) is 17.9 Å². The Morgan fingerprint density at radius 1 is 1.07 bits per heavy atom. The van der Waals surface area contributed by atoms with Crippen LogP contribution >= 0.6 is 0 Å². The van der Waals surface area contributed by atoms with Crippen molar-refractivity contribution in [1.29, 1.82) is 0 Å². The number of aromatic amines is 1. The van der Waals surface area contributed by atoms with E-state index in [9.17, 15) is 9.59 Å². The number of benzene rings is 2. The van der Waals surface area contributed by atoms with Gasteiger partial charge in [-0.15, -0.1) is 0 Å². The summed E-state index contributed by atoms with van der Waals surface area (Å²) in [4.78, 5) is 31.4. The molecule has 2 aliphatic heterocycles. The van der Waals surface area contributed by atoms with Gasteiger partial charge in [0.25, 0.3) is 0 Å². The Balaban J connectivity index is 1.59. The molecular weight excluding hydrogens is 368 g/mol. The van der Waals surface area contributed by atoms with Crippen LogP contribution in [0.4, 0.5) is 0 Å². The fourth-order valence-corrected chi connectivity index (χ4v) is 5.30. The molecule has 3 aliphatic rings. The van der Waals surface area contributed by atoms with E-state index in [0.717, 1.165) is 27.7 Å². The van der Waals surface area contributed by atoms with Crippen LogP contribution in [0.2, 0.25) is 0 Å². The number of nitrogens with one attached hydrogen (secondary N) is 1. The van der Waals surface area contributed by atoms with Gasteiger partial charge >= 0.3 is 0 Å². The van der Waals surface area contributed by atoms with Gasteiger partial charge in [-0.3, -0.25) is 9.59 Å². The molecule has 29 heavy (non-hydrogen) atoms. The van der Waals surface area contributed by atoms with Gasteiger partial charge < -0.3 is 19.4 Å². The highest BCUT2D eigenvalue weighted by Crippen LogP contribution is 2.49. The number of likely N-dealkylation sites (tertiary alicyclic amines) is 1. The molecule has 3 atom stereocenters. The monoisotopic (exact) mass is 388 g/mol. The average Bonchev–Trinajstić information content (AvgIpc) is 3.34. The van der Waals surface area contributed by atoms with Crippen LogP contribution in [0.5, 0.6) is 11.5 Å². The first kappa shape index (κ1) is 16.7. The minimum atomic E-state index is -0.375. The van der Waals surface area contributed by atoms with Gasteiger partial charge in [0.2, 0.25) is 12.7 Å². The minimum absolute atomic E-state index is 0.0521. The summed E-state index contributed by atoms with van der Waals surface area (Å²) < 4.78 is 11.0. The lowest BCUT2D eigenvalue weighted by Crippen LogP contribution is -2.53. The zero-order valence-electron chi connectivity index (χ0n) is 16.0. The maximum atomic E-state index is 13.2. The lowest BCUT2D eigenvalue weighted by Gasteiger charge is -2.42. The van der Waals surface area contributed by atoms with Gasteiger partial charge in [-0.1, -0.05) is 24.3 Å². The molecule has 0 spiro atoms. The number of fused-ring (bicyclic) bond motifs is 5. The second kappa shape index (κ2) is 5.86. The molecule has 3 heterocycles. The number of amides is 1. The molecule has 1 aliphatic carbocycles. The first-order valence-corrected chi connectivity index (χ1v) is 9.88. The summed E-state index contributed by atoms with van der Waals surface area (Å²) in [7, 11) is 1.72. The molecule has 1 amide bonds. The zero-order chi connectivity index (χ0) is 19.7. The van der Waals surface area contributed by atoms with E-state index in [-0.39, 0.29) is 42.8 Å². The Hall–Kier alpha value is -3.28. The molecule has 6 nitrogen and oxygen atoms in total. The van der Waals surface area contributed by atoms with E-state index in [2.05, 4.69) is 11.1 Å². The third kappa shape index (κ3) is 2.29. The van der Waals surface area contributed by atoms with Crippen LogP contribution in [0.1, 0.15) is 22.7 Å². The number of H-pyrrole nitrogens is 1. The van der Waals surface area contributed by atoms with Crippen LogP contribution in [0, 0.1) is 11.8 Å². The van der Waals surface area contributed by atoms with E-state index in [4.69, 9.17) is 9.47 Å². The molecule has 1 aromatic heterocycles. The number of hydrogen-bond acceptors (Lipinski definition) is 4. The first-order chi connectivity index (χ1) is 14.1. The highest BCUT2D eigenvalue weighted by Gasteiger charge is 2.50. The van der Waals surface area contributed by atoms with Crippen molar-refractivity contribution in [2.75, 3.05) is 20.4 Å². The van der Waals surface area contributed by atoms with Gasteiger partial charge in [-0.05, 0) is 35.7 Å². The fraction of sp³-hybridized carbons (Fsp3) is 0.304. The lowest BCUT2D eigenvalue weighted by atomic mass is 9.65. The van der Waals surface area contributed by atoms with E-state index < -0.39 is 0 Å². The van der Waals surface area contributed by atoms with E-state index in [1.165, 1.54) is 0 Å². The highest BCUT2D eigenvalue weighted by atomic mass is 16.7. The molecule has 1 N–H and O–H groups in total. The fourth-order valence-electron chi connectivity index (χ4n) is 5.30. The van der Waals surface area contributed by atoms with Crippen molar-refractivity contribution in [1.82, 2.24) is 9.88 Å². The van der Waals surface area contributed by atoms with Crippen molar-refractivity contribution in [3.05, 3.63) is 59.3 Å². The van der Waals surface area contributed by atoms with Crippen molar-refractivity contribution < 1.29 is 19.1 Å². The van der Waals surface area contributed by atoms with Crippen LogP contribution in [0.25, 0.3) is 10.9 Å². The molecule has 0 radical (unpaired) electrons. The van der Waals surface area contributed by atoms with Crippen LogP contribution < -0.4 is 9.47 Å². The summed E-state index contributed by atoms with van der Waals surface area (Å²) >= 11 is 0. The molecule has 146 valence electrons. The number of Topliss-reactive ketones (excluding diaryl/α,β-unsaturated/α-hetero) is 1. The average molecular weight is 388 g/mol. The van der Waals surface area contributed by atoms with Crippen molar-refractivity contribution >= 4 is 22.6 Å². The van der Waals surface area contributed by atoms with Crippen LogP contribution in [-0.4, -0.2) is 42.0 Å². The predicted molar refractivity (Wildman–Crippen MR) is 106 cm³/mol. The summed E-state index contributed by atoms with van der Waals surface area (Å²) in [6.07, 6.45) is 0.583. The smallest absolute Gasteiger partial charge is 0.231 e. The number of likely N-dealkylation sites (N-methyl/N-ethyl adjacent to an activating group) is 1. The largest absolute Gasteiger partial charge is 0.454 e. The van der Waals surface area contributed by atoms with Crippen LogP contribution in [-0.2, 0) is 16.0 Å². The molecule has 1 unspecified atom stereocenters. The molecule has 2 aromatic carbocycles. The molecule has 6 rings (SSSR count). The number of para-hydroxylation sites is 1. The van der Waals surface area contributed by atoms with Gasteiger partial charge in [-0.2, -0.15) is 0 Å². The Labute approximate surface area is 167 Å². The maximum Gasteiger partial charge on any atom is 0.231 e. The topological polar surface area (TPSA) is 71.6 Å². The highest BCUT2D eigenvalue weighted by molar-refractivity contribution is 5.99. The number of carbonyl (C=O) groups excluding carboxylic acids is 2. The standard InChI is InChI=1S/C23H20N2O4/c1-25-10-17(26)21-15(23(25)27)9-14-13-4-2-3-5-16(13)24-22(14)20(21)12-6-7-18-19(8-12)29-11-28-18/h2-8,15,20-21,24H,9-11H2,1H3/t15-,20-,21?/m0/s1. The van der Waals surface area contributed by atoms with Crippen molar-refractivity contribution in [2.24, 2.45) is 11.8 Å². The van der Waals surface area contributed by atoms with Crippen molar-refractivity contribution in [3.63, 3.8) is 0 Å². The molecule has 0 bridgehead atoms. The Morgan fingerprint density at radius 3 is 2.79 bits per heavy atom. The molecule has 1 saturated heterocycles. The van der Waals surface area contributed by atoms with Crippen molar-refractivity contribution in [2.45, 2.75) is 12.3 Å². The van der Waals surface area contributed by atoms with Gasteiger partial charge in [0.1, 0.15) is 0 Å². The molecule has 6 heteroatoms. The summed E-state index contributed by atoms with van der Waals surface area (Å²) in [5.41, 5.74) is 4.19. The summed E-state index contributed by atoms with van der Waals surface area (Å²) in [6.45, 7) is 0.367. The van der Waals surface area contributed by atoms with Gasteiger partial charge in [0.05, 0.1) is 12.5 Å². The van der Waals surface area contributed by atoms with E-state index in [1.807, 2.05) is 36.4 Å². The molecule has 1 fully saturated rings. The number of carbonyl (C=O) groups is 2. The van der Waals surface area contributed by atoms with Gasteiger partial charge in [-0.25, -0.2) is 0 Å². The Kier molecular flexibility index (Phi) is 3.37. The number of ketones is 1. The zero-order valence-corrected chi connectivity index (χ0v) is 16.0. The van der Waals surface area contributed by atoms with Crippen LogP contribution in [0.15, 0.2) is 42.5 Å². The second-order valence-electron chi connectivity index (χ2n) is 8.15. The number of hydrogen-bond donors (Lipinski definition) is 1. The SMILES string of the molecule is CN1CC(=O)C2[C@H](c3ccc4c(c3)OCO4)c3[nH]c4ccccc4c3C[C@@H]2C1=O. The number of nitrogens with zero attached hydrogens (tertiary/aromatic N) is 1. The van der Waals surface area contributed by atoms with Gasteiger partial charge in [0, 0.05) is 35.5 Å². The van der Waals surface area contributed by atoms with E-state index in [1.54, 1.807) is 11.9 Å². The van der Waals surface area contributed by atoms with E-state index >= 15 is 0 Å². The quantitative estimate of drug-likeness (QED) is 0.696. The summed E-state index contributed by atoms with van der Waals surface area (Å²) in [6, 6.07) is 14.0. The first-order valence-electron chi connectivity index (χ1n) is 9.88. The summed E-state index contributed by atoms with van der Waals surface area (Å²) in [5, 5.41) is 1.13. The van der Waals surface area contributed by atoms with Crippen LogP contribution in [0.3, 0.4) is 0 Å². The number of rotatable bonds is 1. The Bertz CT molecular complexity index is 1180. The normalized spacial score (nSPS) is 25.3. The second-order valence-corrected chi connectivity index (χ2v) is 8.15. The van der Waals surface area contributed by atoms with Crippen molar-refractivity contribution in [3.8, 4) is 11.5 Å². The molecule has 0 saturated carbocycles. The predicted octanol–water partition coefficient (Wildman–Crippen LogP) is 2.86. The van der Waals surface area contributed by atoms with Gasteiger partial charge in [0.15, 0.2) is 17.3 Å². The third-order valence-corrected chi connectivity index (χ3v) is 6.59. The molecule has 3 aromatic rings. The molecular formula is C23H20N2O4. The number of ether oxygens (including phenoxy) is 2. The maximum absolute atomic E-state index is 13.2. The minimum Gasteiger partial charge on any atom is -0.454 e. The lowest BCUT2D eigenvalue weighted by molar-refractivity contribution is -0.149. The Morgan fingerprint density at radius 2 is 1.90 bits per heavy atom. The summed E-state index contributed by atoms with van der Waals surface area (Å²) in [5.74, 6) is 0.636. The number of piperidine rings is 1. The number of aromatic nitrogens is 1.